The van der Waals surface area contributed by atoms with E-state index in [0.29, 0.717) is 17.8 Å². The van der Waals surface area contributed by atoms with E-state index in [-0.39, 0.29) is 5.70 Å². The van der Waals surface area contributed by atoms with E-state index in [9.17, 15) is 5.26 Å². The van der Waals surface area contributed by atoms with E-state index < -0.39 is 5.60 Å². The average molecular weight is 549 g/mol. The van der Waals surface area contributed by atoms with Gasteiger partial charge in [-0.2, -0.15) is 0 Å². The Labute approximate surface area is 248 Å². The standard InChI is InChI=1S/C37H32N4O/c1-39-36(27-38)29-25-35(42-37(26-29,30-11-7-5-8-12-30)31-13-9-6-10-14-31)24-17-28-15-18-33(19-16-28)41(4)34-22-20-32(21-23-34)40(2)3/h5-25H,26H2,2-4H3/b24-17+,36-29+. The van der Waals surface area contributed by atoms with Gasteiger partial charge in [0.15, 0.2) is 5.60 Å². The Hall–Kier alpha value is -5.52. The molecule has 1 heterocycles. The Kier molecular flexibility index (Phi) is 8.23. The number of ether oxygens (including phenoxy) is 1. The summed E-state index contributed by atoms with van der Waals surface area (Å²) in [5.74, 6) is 0.586. The summed E-state index contributed by atoms with van der Waals surface area (Å²) in [5.41, 5.74) is 6.12. The van der Waals surface area contributed by atoms with E-state index in [2.05, 4.69) is 76.3 Å². The van der Waals surface area contributed by atoms with Gasteiger partial charge in [0.05, 0.1) is 12.6 Å². The van der Waals surface area contributed by atoms with Gasteiger partial charge in [0.1, 0.15) is 5.76 Å². The lowest BCUT2D eigenvalue weighted by Gasteiger charge is -2.39. The van der Waals surface area contributed by atoms with Gasteiger partial charge < -0.3 is 14.5 Å². The highest BCUT2D eigenvalue weighted by molar-refractivity contribution is 5.67. The van der Waals surface area contributed by atoms with Crippen molar-refractivity contribution in [1.82, 2.24) is 0 Å². The summed E-state index contributed by atoms with van der Waals surface area (Å²) in [6, 6.07) is 38.9. The highest BCUT2D eigenvalue weighted by atomic mass is 16.5. The van der Waals surface area contributed by atoms with Gasteiger partial charge in [0, 0.05) is 55.8 Å². The van der Waals surface area contributed by atoms with Crippen LogP contribution in [0, 0.1) is 17.9 Å². The fraction of sp³-hybridized carbons (Fsp3) is 0.135. The second-order valence-electron chi connectivity index (χ2n) is 10.4. The number of nitriles is 1. The lowest BCUT2D eigenvalue weighted by atomic mass is 9.79. The molecule has 0 N–H and O–H groups in total. The molecule has 42 heavy (non-hydrogen) atoms. The molecule has 1 aliphatic rings. The second-order valence-corrected chi connectivity index (χ2v) is 10.4. The fourth-order valence-electron chi connectivity index (χ4n) is 5.17. The van der Waals surface area contributed by atoms with Crippen LogP contribution in [0.25, 0.3) is 10.9 Å². The molecule has 0 unspecified atom stereocenters. The SMILES string of the molecule is [C-]#[N+]/C(C#N)=C1C=C(/C=C/c2ccc(N(C)c3ccc(N(C)C)cc3)cc2)OC(c2ccccc2)(c2ccccc2)C\1. The lowest BCUT2D eigenvalue weighted by Crippen LogP contribution is -2.34. The zero-order chi connectivity index (χ0) is 29.5. The minimum Gasteiger partial charge on any atom is -0.478 e. The molecule has 0 atom stereocenters. The summed E-state index contributed by atoms with van der Waals surface area (Å²) in [4.78, 5) is 7.77. The van der Waals surface area contributed by atoms with Crippen molar-refractivity contribution in [2.45, 2.75) is 12.0 Å². The van der Waals surface area contributed by atoms with Crippen LogP contribution in [-0.4, -0.2) is 21.1 Å². The predicted molar refractivity (Wildman–Crippen MR) is 171 cm³/mol. The first kappa shape index (κ1) is 28.0. The summed E-state index contributed by atoms with van der Waals surface area (Å²) in [7, 11) is 6.13. The number of allylic oxidation sites excluding steroid dienone is 3. The van der Waals surface area contributed by atoms with Crippen LogP contribution >= 0.6 is 0 Å². The van der Waals surface area contributed by atoms with Crippen molar-refractivity contribution in [3.05, 3.63) is 166 Å². The third kappa shape index (κ3) is 5.82. The minimum atomic E-state index is -0.881. The van der Waals surface area contributed by atoms with Crippen LogP contribution in [0.2, 0.25) is 0 Å². The van der Waals surface area contributed by atoms with Gasteiger partial charge in [-0.3, -0.25) is 0 Å². The van der Waals surface area contributed by atoms with Crippen molar-refractivity contribution in [2.75, 3.05) is 30.9 Å². The Bertz CT molecular complexity index is 1650. The molecule has 0 saturated carbocycles. The zero-order valence-electron chi connectivity index (χ0n) is 24.0. The first-order valence-electron chi connectivity index (χ1n) is 13.8. The number of anilines is 3. The number of hydrogen-bond acceptors (Lipinski definition) is 4. The highest BCUT2D eigenvalue weighted by Crippen LogP contribution is 2.45. The maximum Gasteiger partial charge on any atom is 0.265 e. The number of nitrogens with zero attached hydrogens (tertiary/aromatic N) is 4. The summed E-state index contributed by atoms with van der Waals surface area (Å²) in [6.07, 6.45) is 6.10. The van der Waals surface area contributed by atoms with E-state index in [1.807, 2.05) is 93.0 Å². The van der Waals surface area contributed by atoms with Crippen LogP contribution in [0.5, 0.6) is 0 Å². The molecule has 0 radical (unpaired) electrons. The normalized spacial score (nSPS) is 15.1. The van der Waals surface area contributed by atoms with E-state index in [4.69, 9.17) is 11.3 Å². The molecule has 0 spiro atoms. The average Bonchev–Trinajstić information content (AvgIpc) is 3.05. The van der Waals surface area contributed by atoms with Crippen molar-refractivity contribution < 1.29 is 4.74 Å². The van der Waals surface area contributed by atoms with Crippen molar-refractivity contribution in [1.29, 1.82) is 5.26 Å². The molecule has 0 amide bonds. The quantitative estimate of drug-likeness (QED) is 0.172. The Morgan fingerprint density at radius 3 is 1.81 bits per heavy atom. The molecule has 0 saturated heterocycles. The van der Waals surface area contributed by atoms with Crippen molar-refractivity contribution in [2.24, 2.45) is 0 Å². The van der Waals surface area contributed by atoms with E-state index in [1.165, 1.54) is 0 Å². The summed E-state index contributed by atoms with van der Waals surface area (Å²) >= 11 is 0. The Morgan fingerprint density at radius 2 is 1.31 bits per heavy atom. The van der Waals surface area contributed by atoms with Gasteiger partial charge in [-0.05, 0) is 59.7 Å². The van der Waals surface area contributed by atoms with Crippen LogP contribution in [0.4, 0.5) is 17.1 Å². The molecular formula is C37H32N4O. The first-order chi connectivity index (χ1) is 20.4. The topological polar surface area (TPSA) is 43.9 Å². The molecule has 5 rings (SSSR count). The van der Waals surface area contributed by atoms with E-state index in [1.54, 1.807) is 0 Å². The molecule has 0 aromatic heterocycles. The zero-order valence-corrected chi connectivity index (χ0v) is 24.0. The molecule has 4 aromatic rings. The first-order valence-corrected chi connectivity index (χ1v) is 13.8. The van der Waals surface area contributed by atoms with Crippen LogP contribution in [0.3, 0.4) is 0 Å². The molecule has 0 bridgehead atoms. The maximum absolute atomic E-state index is 9.76. The molecule has 0 fully saturated rings. The number of benzene rings is 4. The molecule has 206 valence electrons. The third-order valence-corrected chi connectivity index (χ3v) is 7.52. The smallest absolute Gasteiger partial charge is 0.265 e. The monoisotopic (exact) mass is 548 g/mol. The highest BCUT2D eigenvalue weighted by Gasteiger charge is 2.40. The number of rotatable bonds is 7. The van der Waals surface area contributed by atoms with Crippen molar-refractivity contribution in [3.63, 3.8) is 0 Å². The molecule has 5 heteroatoms. The Morgan fingerprint density at radius 1 is 0.786 bits per heavy atom. The summed E-state index contributed by atoms with van der Waals surface area (Å²) in [5, 5.41) is 9.76. The van der Waals surface area contributed by atoms with Crippen molar-refractivity contribution in [3.8, 4) is 6.07 Å². The van der Waals surface area contributed by atoms with Crippen LogP contribution in [0.15, 0.2) is 138 Å². The molecule has 0 aliphatic carbocycles. The summed E-state index contributed by atoms with van der Waals surface area (Å²) < 4.78 is 6.80. The molecule has 4 aromatic carbocycles. The van der Waals surface area contributed by atoms with Gasteiger partial charge in [-0.15, -0.1) is 0 Å². The molecular weight excluding hydrogens is 516 g/mol. The van der Waals surface area contributed by atoms with E-state index >= 15 is 0 Å². The lowest BCUT2D eigenvalue weighted by molar-refractivity contribution is 0.0348. The largest absolute Gasteiger partial charge is 0.478 e. The predicted octanol–water partition coefficient (Wildman–Crippen LogP) is 8.48. The van der Waals surface area contributed by atoms with Crippen LogP contribution in [0.1, 0.15) is 23.1 Å². The van der Waals surface area contributed by atoms with Crippen LogP contribution in [-0.2, 0) is 10.3 Å². The van der Waals surface area contributed by atoms with Crippen LogP contribution < -0.4 is 9.80 Å². The fourth-order valence-corrected chi connectivity index (χ4v) is 5.17. The molecule has 5 nitrogen and oxygen atoms in total. The Balaban J connectivity index is 1.47. The van der Waals surface area contributed by atoms with Gasteiger partial charge in [0.25, 0.3) is 5.70 Å². The van der Waals surface area contributed by atoms with E-state index in [0.717, 1.165) is 33.8 Å². The maximum atomic E-state index is 9.76. The molecule has 1 aliphatic heterocycles. The minimum absolute atomic E-state index is 0.0754. The number of hydrogen-bond donors (Lipinski definition) is 0. The third-order valence-electron chi connectivity index (χ3n) is 7.52. The summed E-state index contributed by atoms with van der Waals surface area (Å²) in [6.45, 7) is 7.63. The van der Waals surface area contributed by atoms with Gasteiger partial charge >= 0.3 is 0 Å². The van der Waals surface area contributed by atoms with Gasteiger partial charge in [-0.1, -0.05) is 78.9 Å². The van der Waals surface area contributed by atoms with Crippen molar-refractivity contribution >= 4 is 23.1 Å². The second kappa shape index (κ2) is 12.3. The van der Waals surface area contributed by atoms with Gasteiger partial charge in [-0.25, -0.2) is 10.1 Å². The van der Waals surface area contributed by atoms with Gasteiger partial charge in [0.2, 0.25) is 0 Å².